The number of hydrogen-bond donors (Lipinski definition) is 1. The summed E-state index contributed by atoms with van der Waals surface area (Å²) >= 11 is 0. The zero-order valence-electron chi connectivity index (χ0n) is 9.98. The third-order valence-corrected chi connectivity index (χ3v) is 3.21. The summed E-state index contributed by atoms with van der Waals surface area (Å²) in [6.45, 7) is 5.63. The SMILES string of the molecule is C=CC1NC(CC)(Cc2ccccc2)C(=O)O1. The Kier molecular flexibility index (Phi) is 3.29. The molecule has 17 heavy (non-hydrogen) atoms. The molecule has 2 atom stereocenters. The molecule has 1 aliphatic rings. The fourth-order valence-corrected chi connectivity index (χ4v) is 2.13. The molecular formula is C14H17NO2. The Morgan fingerprint density at radius 2 is 2.18 bits per heavy atom. The molecule has 0 aromatic heterocycles. The standard InChI is InChI=1S/C14H17NO2/c1-3-12-15-14(4-2,13(16)17-12)10-11-8-6-5-7-9-11/h3,5-9,12,15H,1,4,10H2,2H3. The third kappa shape index (κ3) is 2.24. The smallest absolute Gasteiger partial charge is 0.328 e. The molecule has 90 valence electrons. The first-order valence-corrected chi connectivity index (χ1v) is 5.85. The predicted octanol–water partition coefficient (Wildman–Crippen LogP) is 2.04. The first kappa shape index (κ1) is 11.9. The lowest BCUT2D eigenvalue weighted by atomic mass is 9.89. The van der Waals surface area contributed by atoms with Crippen molar-refractivity contribution >= 4 is 5.97 Å². The number of rotatable bonds is 4. The van der Waals surface area contributed by atoms with Gasteiger partial charge in [0.1, 0.15) is 5.54 Å². The molecule has 1 heterocycles. The van der Waals surface area contributed by atoms with E-state index in [1.165, 1.54) is 0 Å². The van der Waals surface area contributed by atoms with Crippen molar-refractivity contribution in [1.29, 1.82) is 0 Å². The van der Waals surface area contributed by atoms with Gasteiger partial charge in [-0.2, -0.15) is 0 Å². The highest BCUT2D eigenvalue weighted by Gasteiger charge is 2.46. The van der Waals surface area contributed by atoms with E-state index in [9.17, 15) is 4.79 Å². The monoisotopic (exact) mass is 231 g/mol. The molecule has 1 N–H and O–H groups in total. The van der Waals surface area contributed by atoms with E-state index in [4.69, 9.17) is 4.74 Å². The molecule has 2 rings (SSSR count). The number of esters is 1. The van der Waals surface area contributed by atoms with Crippen molar-refractivity contribution in [2.75, 3.05) is 0 Å². The Morgan fingerprint density at radius 1 is 1.47 bits per heavy atom. The number of carbonyl (C=O) groups is 1. The van der Waals surface area contributed by atoms with Crippen LogP contribution < -0.4 is 5.32 Å². The lowest BCUT2D eigenvalue weighted by Gasteiger charge is -2.23. The number of ether oxygens (including phenoxy) is 1. The summed E-state index contributed by atoms with van der Waals surface area (Å²) in [5.74, 6) is -0.186. The van der Waals surface area contributed by atoms with Gasteiger partial charge in [0.2, 0.25) is 0 Å². The van der Waals surface area contributed by atoms with Crippen LogP contribution in [0.25, 0.3) is 0 Å². The average molecular weight is 231 g/mol. The van der Waals surface area contributed by atoms with Crippen LogP contribution in [-0.2, 0) is 16.0 Å². The van der Waals surface area contributed by atoms with Crippen LogP contribution in [0, 0.1) is 0 Å². The van der Waals surface area contributed by atoms with Gasteiger partial charge >= 0.3 is 5.97 Å². The zero-order valence-corrected chi connectivity index (χ0v) is 9.98. The van der Waals surface area contributed by atoms with E-state index in [0.717, 1.165) is 5.56 Å². The molecule has 0 spiro atoms. The Hall–Kier alpha value is -1.61. The lowest BCUT2D eigenvalue weighted by Crippen LogP contribution is -2.48. The van der Waals surface area contributed by atoms with Gasteiger partial charge in [-0.05, 0) is 18.1 Å². The summed E-state index contributed by atoms with van der Waals surface area (Å²) in [5.41, 5.74) is 0.517. The molecule has 0 bridgehead atoms. The second-order valence-electron chi connectivity index (χ2n) is 4.30. The van der Waals surface area contributed by atoms with Crippen molar-refractivity contribution < 1.29 is 9.53 Å². The van der Waals surface area contributed by atoms with E-state index < -0.39 is 5.54 Å². The van der Waals surface area contributed by atoms with Crippen LogP contribution in [0.3, 0.4) is 0 Å². The topological polar surface area (TPSA) is 38.3 Å². The van der Waals surface area contributed by atoms with Gasteiger partial charge in [-0.25, -0.2) is 4.79 Å². The molecule has 1 fully saturated rings. The first-order chi connectivity index (χ1) is 8.20. The van der Waals surface area contributed by atoms with E-state index in [1.807, 2.05) is 37.3 Å². The quantitative estimate of drug-likeness (QED) is 0.636. The van der Waals surface area contributed by atoms with Gasteiger partial charge in [0, 0.05) is 6.42 Å². The highest BCUT2D eigenvalue weighted by atomic mass is 16.6. The molecule has 1 aliphatic heterocycles. The number of carbonyl (C=O) groups excluding carboxylic acids is 1. The number of benzene rings is 1. The van der Waals surface area contributed by atoms with Crippen molar-refractivity contribution in [1.82, 2.24) is 5.32 Å². The maximum atomic E-state index is 12.0. The zero-order chi connectivity index (χ0) is 12.3. The molecule has 3 nitrogen and oxygen atoms in total. The Labute approximate surface area is 101 Å². The highest BCUT2D eigenvalue weighted by Crippen LogP contribution is 2.25. The average Bonchev–Trinajstić information content (AvgIpc) is 2.68. The summed E-state index contributed by atoms with van der Waals surface area (Å²) in [7, 11) is 0. The summed E-state index contributed by atoms with van der Waals surface area (Å²) in [6, 6.07) is 9.96. The van der Waals surface area contributed by atoms with Crippen LogP contribution in [0.15, 0.2) is 43.0 Å². The van der Waals surface area contributed by atoms with Crippen molar-refractivity contribution in [2.24, 2.45) is 0 Å². The maximum absolute atomic E-state index is 12.0. The number of cyclic esters (lactones) is 1. The maximum Gasteiger partial charge on any atom is 0.328 e. The van der Waals surface area contributed by atoms with Crippen LogP contribution in [-0.4, -0.2) is 17.7 Å². The number of nitrogens with one attached hydrogen (secondary N) is 1. The molecule has 1 saturated heterocycles. The molecule has 0 aliphatic carbocycles. The molecule has 2 unspecified atom stereocenters. The van der Waals surface area contributed by atoms with Gasteiger partial charge in [0.15, 0.2) is 6.23 Å². The van der Waals surface area contributed by atoms with Crippen molar-refractivity contribution in [3.8, 4) is 0 Å². The molecule has 0 radical (unpaired) electrons. The van der Waals surface area contributed by atoms with Gasteiger partial charge in [0.05, 0.1) is 0 Å². The summed E-state index contributed by atoms with van der Waals surface area (Å²) in [5, 5.41) is 3.21. The van der Waals surface area contributed by atoms with Gasteiger partial charge in [-0.15, -0.1) is 0 Å². The fraction of sp³-hybridized carbons (Fsp3) is 0.357. The van der Waals surface area contributed by atoms with Crippen molar-refractivity contribution in [3.05, 3.63) is 48.6 Å². The second-order valence-corrected chi connectivity index (χ2v) is 4.30. The van der Waals surface area contributed by atoms with Crippen LogP contribution in [0.4, 0.5) is 0 Å². The molecule has 0 saturated carbocycles. The molecule has 1 aromatic carbocycles. The lowest BCUT2D eigenvalue weighted by molar-refractivity contribution is -0.144. The first-order valence-electron chi connectivity index (χ1n) is 5.85. The van der Waals surface area contributed by atoms with Gasteiger partial charge in [0.25, 0.3) is 0 Å². The summed E-state index contributed by atoms with van der Waals surface area (Å²) in [6.07, 6.45) is 2.59. The van der Waals surface area contributed by atoms with Crippen LogP contribution in [0.5, 0.6) is 0 Å². The summed E-state index contributed by atoms with van der Waals surface area (Å²) in [4.78, 5) is 12.0. The van der Waals surface area contributed by atoms with E-state index in [-0.39, 0.29) is 12.2 Å². The third-order valence-electron chi connectivity index (χ3n) is 3.21. The van der Waals surface area contributed by atoms with Crippen LogP contribution in [0.1, 0.15) is 18.9 Å². The second kappa shape index (κ2) is 4.72. The van der Waals surface area contributed by atoms with E-state index in [0.29, 0.717) is 12.8 Å². The predicted molar refractivity (Wildman–Crippen MR) is 66.4 cm³/mol. The normalized spacial score (nSPS) is 27.8. The van der Waals surface area contributed by atoms with E-state index in [1.54, 1.807) is 6.08 Å². The minimum Gasteiger partial charge on any atom is -0.441 e. The Morgan fingerprint density at radius 3 is 2.71 bits per heavy atom. The van der Waals surface area contributed by atoms with E-state index in [2.05, 4.69) is 11.9 Å². The minimum absolute atomic E-state index is 0.186. The van der Waals surface area contributed by atoms with Crippen molar-refractivity contribution in [3.63, 3.8) is 0 Å². The number of hydrogen-bond acceptors (Lipinski definition) is 3. The molecular weight excluding hydrogens is 214 g/mol. The van der Waals surface area contributed by atoms with Gasteiger partial charge < -0.3 is 4.74 Å². The van der Waals surface area contributed by atoms with Gasteiger partial charge in [-0.3, -0.25) is 5.32 Å². The highest BCUT2D eigenvalue weighted by molar-refractivity contribution is 5.83. The fourth-order valence-electron chi connectivity index (χ4n) is 2.13. The van der Waals surface area contributed by atoms with Crippen LogP contribution in [0.2, 0.25) is 0 Å². The molecule has 1 aromatic rings. The Bertz CT molecular complexity index is 415. The largest absolute Gasteiger partial charge is 0.441 e. The molecule has 3 heteroatoms. The van der Waals surface area contributed by atoms with Crippen LogP contribution >= 0.6 is 0 Å². The Balaban J connectivity index is 2.21. The molecule has 0 amide bonds. The summed E-state index contributed by atoms with van der Waals surface area (Å²) < 4.78 is 5.22. The van der Waals surface area contributed by atoms with E-state index >= 15 is 0 Å². The van der Waals surface area contributed by atoms with Crippen molar-refractivity contribution in [2.45, 2.75) is 31.5 Å². The van der Waals surface area contributed by atoms with Gasteiger partial charge in [-0.1, -0.05) is 43.8 Å². The minimum atomic E-state index is -0.611.